The van der Waals surface area contributed by atoms with E-state index in [4.69, 9.17) is 16.7 Å². The molecule has 5 heteroatoms. The number of aliphatic hydroxyl groups is 1. The van der Waals surface area contributed by atoms with E-state index in [1.807, 2.05) is 43.6 Å². The second kappa shape index (κ2) is 6.48. The molecule has 3 nitrogen and oxygen atoms in total. The fraction of sp³-hybridized carbons (Fsp3) is 0.357. The molecule has 0 aliphatic heterocycles. The number of likely N-dealkylation sites (N-methyl/N-ethyl adjacent to an activating group) is 1. The van der Waals surface area contributed by atoms with Gasteiger partial charge in [0.15, 0.2) is 0 Å². The maximum Gasteiger partial charge on any atom is 0.125 e. The van der Waals surface area contributed by atoms with E-state index >= 15 is 0 Å². The van der Waals surface area contributed by atoms with Crippen LogP contribution in [0.4, 0.5) is 0 Å². The van der Waals surface area contributed by atoms with Crippen molar-refractivity contribution in [2.45, 2.75) is 19.5 Å². The van der Waals surface area contributed by atoms with E-state index in [1.165, 1.54) is 0 Å². The maximum absolute atomic E-state index is 9.13. The summed E-state index contributed by atoms with van der Waals surface area (Å²) in [5.41, 5.74) is 1.97. The fourth-order valence-electron chi connectivity index (χ4n) is 1.69. The number of aromatic nitrogens is 1. The standard InChI is InChI=1S/C14H17ClN2OS/c1-10(8-18)17(2)7-11-9-19-14(16-11)12-5-3-4-6-13(12)15/h3-6,9-10,18H,7-8H2,1-2H3. The molecule has 2 rings (SSSR count). The predicted octanol–water partition coefficient (Wildman–Crippen LogP) is 3.28. The van der Waals surface area contributed by atoms with E-state index in [9.17, 15) is 0 Å². The topological polar surface area (TPSA) is 36.4 Å². The van der Waals surface area contributed by atoms with Crippen LogP contribution < -0.4 is 0 Å². The van der Waals surface area contributed by atoms with Gasteiger partial charge in [0.25, 0.3) is 0 Å². The SMILES string of the molecule is CC(CO)N(C)Cc1csc(-c2ccccc2Cl)n1. The summed E-state index contributed by atoms with van der Waals surface area (Å²) in [6.07, 6.45) is 0. The highest BCUT2D eigenvalue weighted by molar-refractivity contribution is 7.13. The summed E-state index contributed by atoms with van der Waals surface area (Å²) >= 11 is 7.76. The number of aliphatic hydroxyl groups excluding tert-OH is 1. The Bertz CT molecular complexity index is 544. The smallest absolute Gasteiger partial charge is 0.125 e. The molecule has 0 saturated carbocycles. The van der Waals surface area contributed by atoms with Crippen molar-refractivity contribution in [3.8, 4) is 10.6 Å². The summed E-state index contributed by atoms with van der Waals surface area (Å²) < 4.78 is 0. The average molecular weight is 297 g/mol. The summed E-state index contributed by atoms with van der Waals surface area (Å²) in [6, 6.07) is 7.85. The van der Waals surface area contributed by atoms with Gasteiger partial charge in [0.1, 0.15) is 5.01 Å². The average Bonchev–Trinajstić information content (AvgIpc) is 2.86. The van der Waals surface area contributed by atoms with Gasteiger partial charge in [0.05, 0.1) is 17.3 Å². The molecule has 1 N–H and O–H groups in total. The van der Waals surface area contributed by atoms with Crippen LogP contribution in [0.5, 0.6) is 0 Å². The Hall–Kier alpha value is -0.940. The van der Waals surface area contributed by atoms with Crippen LogP contribution in [-0.4, -0.2) is 34.7 Å². The van der Waals surface area contributed by atoms with Crippen LogP contribution >= 0.6 is 22.9 Å². The van der Waals surface area contributed by atoms with Crippen molar-refractivity contribution >= 4 is 22.9 Å². The Balaban J connectivity index is 2.14. The number of thiazole rings is 1. The van der Waals surface area contributed by atoms with Gasteiger partial charge in [-0.2, -0.15) is 0 Å². The van der Waals surface area contributed by atoms with Crippen LogP contribution in [0.1, 0.15) is 12.6 Å². The maximum atomic E-state index is 9.13. The lowest BCUT2D eigenvalue weighted by molar-refractivity contribution is 0.153. The molecule has 0 bridgehead atoms. The molecule has 19 heavy (non-hydrogen) atoms. The molecular weight excluding hydrogens is 280 g/mol. The Morgan fingerprint density at radius 2 is 2.16 bits per heavy atom. The highest BCUT2D eigenvalue weighted by atomic mass is 35.5. The molecule has 0 radical (unpaired) electrons. The lowest BCUT2D eigenvalue weighted by Crippen LogP contribution is -2.31. The van der Waals surface area contributed by atoms with Gasteiger partial charge >= 0.3 is 0 Å². The molecule has 2 aromatic rings. The molecule has 0 fully saturated rings. The number of hydrogen-bond donors (Lipinski definition) is 1. The molecule has 1 atom stereocenters. The van der Waals surface area contributed by atoms with Crippen LogP contribution in [0.15, 0.2) is 29.6 Å². The Kier molecular flexibility index (Phi) is 4.93. The largest absolute Gasteiger partial charge is 0.395 e. The zero-order valence-electron chi connectivity index (χ0n) is 11.0. The quantitative estimate of drug-likeness (QED) is 0.920. The van der Waals surface area contributed by atoms with Gasteiger partial charge in [0, 0.05) is 23.5 Å². The lowest BCUT2D eigenvalue weighted by Gasteiger charge is -2.21. The van der Waals surface area contributed by atoms with E-state index in [2.05, 4.69) is 9.88 Å². The van der Waals surface area contributed by atoms with Crippen LogP contribution in [0.2, 0.25) is 5.02 Å². The molecule has 0 saturated heterocycles. The van der Waals surface area contributed by atoms with Gasteiger partial charge in [-0.25, -0.2) is 4.98 Å². The van der Waals surface area contributed by atoms with Crippen LogP contribution in [-0.2, 0) is 6.54 Å². The van der Waals surface area contributed by atoms with Crippen LogP contribution in [0, 0.1) is 0 Å². The van der Waals surface area contributed by atoms with Gasteiger partial charge in [-0.15, -0.1) is 11.3 Å². The van der Waals surface area contributed by atoms with Crippen molar-refractivity contribution in [2.24, 2.45) is 0 Å². The molecular formula is C14H17ClN2OS. The fourth-order valence-corrected chi connectivity index (χ4v) is 2.82. The van der Waals surface area contributed by atoms with Crippen molar-refractivity contribution in [3.05, 3.63) is 40.4 Å². The Morgan fingerprint density at radius 1 is 1.42 bits per heavy atom. The molecule has 102 valence electrons. The highest BCUT2D eigenvalue weighted by Crippen LogP contribution is 2.30. The Morgan fingerprint density at radius 3 is 2.84 bits per heavy atom. The number of halogens is 1. The molecule has 0 spiro atoms. The first kappa shape index (κ1) is 14.5. The number of nitrogens with zero attached hydrogens (tertiary/aromatic N) is 2. The minimum absolute atomic E-state index is 0.130. The van der Waals surface area contributed by atoms with Gasteiger partial charge in [-0.1, -0.05) is 29.8 Å². The second-order valence-electron chi connectivity index (χ2n) is 4.57. The highest BCUT2D eigenvalue weighted by Gasteiger charge is 2.12. The van der Waals surface area contributed by atoms with Crippen molar-refractivity contribution in [1.29, 1.82) is 0 Å². The summed E-state index contributed by atoms with van der Waals surface area (Å²) in [5, 5.41) is 12.8. The summed E-state index contributed by atoms with van der Waals surface area (Å²) in [5.74, 6) is 0. The lowest BCUT2D eigenvalue weighted by atomic mass is 10.2. The summed E-state index contributed by atoms with van der Waals surface area (Å²) in [4.78, 5) is 6.68. The molecule has 1 aromatic heterocycles. The van der Waals surface area contributed by atoms with E-state index in [0.29, 0.717) is 0 Å². The van der Waals surface area contributed by atoms with Crippen molar-refractivity contribution in [1.82, 2.24) is 9.88 Å². The van der Waals surface area contributed by atoms with Crippen LogP contribution in [0.3, 0.4) is 0 Å². The molecule has 0 aliphatic carbocycles. The molecule has 1 unspecified atom stereocenters. The van der Waals surface area contributed by atoms with Gasteiger partial charge < -0.3 is 5.11 Å². The molecule has 1 heterocycles. The zero-order chi connectivity index (χ0) is 13.8. The first-order valence-electron chi connectivity index (χ1n) is 6.12. The number of hydrogen-bond acceptors (Lipinski definition) is 4. The van der Waals surface area contributed by atoms with Crippen LogP contribution in [0.25, 0.3) is 10.6 Å². The molecule has 0 amide bonds. The number of benzene rings is 1. The number of rotatable bonds is 5. The monoisotopic (exact) mass is 296 g/mol. The Labute approximate surface area is 122 Å². The van der Waals surface area contributed by atoms with Gasteiger partial charge in [-0.05, 0) is 20.0 Å². The molecule has 1 aromatic carbocycles. The first-order chi connectivity index (χ1) is 9.11. The van der Waals surface area contributed by atoms with Gasteiger partial charge in [0.2, 0.25) is 0 Å². The minimum Gasteiger partial charge on any atom is -0.395 e. The molecule has 0 aliphatic rings. The summed E-state index contributed by atoms with van der Waals surface area (Å²) in [7, 11) is 1.98. The summed E-state index contributed by atoms with van der Waals surface area (Å²) in [6.45, 7) is 2.86. The van der Waals surface area contributed by atoms with Gasteiger partial charge in [-0.3, -0.25) is 4.90 Å². The van der Waals surface area contributed by atoms with Crippen molar-refractivity contribution < 1.29 is 5.11 Å². The zero-order valence-corrected chi connectivity index (χ0v) is 12.6. The third-order valence-electron chi connectivity index (χ3n) is 3.08. The second-order valence-corrected chi connectivity index (χ2v) is 5.84. The third kappa shape index (κ3) is 3.54. The minimum atomic E-state index is 0.130. The third-order valence-corrected chi connectivity index (χ3v) is 4.34. The van der Waals surface area contributed by atoms with E-state index in [0.717, 1.165) is 27.8 Å². The normalized spacial score (nSPS) is 12.9. The van der Waals surface area contributed by atoms with E-state index < -0.39 is 0 Å². The van der Waals surface area contributed by atoms with E-state index in [-0.39, 0.29) is 12.6 Å². The first-order valence-corrected chi connectivity index (χ1v) is 7.38. The van der Waals surface area contributed by atoms with Crippen molar-refractivity contribution in [3.63, 3.8) is 0 Å². The van der Waals surface area contributed by atoms with E-state index in [1.54, 1.807) is 11.3 Å². The predicted molar refractivity (Wildman–Crippen MR) is 80.6 cm³/mol. The van der Waals surface area contributed by atoms with Crippen molar-refractivity contribution in [2.75, 3.05) is 13.7 Å².